The molecule has 1 aliphatic heterocycles. The third kappa shape index (κ3) is 5.64. The molecule has 1 fully saturated rings. The topological polar surface area (TPSA) is 74.1 Å². The molecule has 3 rings (SSSR count). The molecule has 0 spiro atoms. The average Bonchev–Trinajstić information content (AvgIpc) is 3.00. The van der Waals surface area contributed by atoms with E-state index in [0.29, 0.717) is 23.9 Å². The number of nitrogens with zero attached hydrogens (tertiary/aromatic N) is 4. The molecular weight excluding hydrogens is 395 g/mol. The zero-order chi connectivity index (χ0) is 17.1. The Morgan fingerprint density at radius 1 is 1.31 bits per heavy atom. The smallest absolute Gasteiger partial charge is 0.246 e. The van der Waals surface area contributed by atoms with Gasteiger partial charge in [-0.1, -0.05) is 30.7 Å². The first kappa shape index (κ1) is 22.8. The van der Waals surface area contributed by atoms with Crippen LogP contribution in [0, 0.1) is 5.92 Å². The van der Waals surface area contributed by atoms with E-state index in [0.717, 1.165) is 37.5 Å². The van der Waals surface area contributed by atoms with Gasteiger partial charge in [0, 0.05) is 30.7 Å². The second-order valence-corrected chi connectivity index (χ2v) is 7.09. The van der Waals surface area contributed by atoms with E-state index in [4.69, 9.17) is 17.3 Å². The highest BCUT2D eigenvalue weighted by atomic mass is 35.5. The quantitative estimate of drug-likeness (QED) is 0.775. The van der Waals surface area contributed by atoms with Crippen LogP contribution in [0.25, 0.3) is 0 Å². The fourth-order valence-electron chi connectivity index (χ4n) is 3.50. The van der Waals surface area contributed by atoms with E-state index in [9.17, 15) is 0 Å². The van der Waals surface area contributed by atoms with E-state index >= 15 is 0 Å². The van der Waals surface area contributed by atoms with Crippen LogP contribution in [-0.2, 0) is 6.42 Å². The van der Waals surface area contributed by atoms with E-state index in [1.807, 2.05) is 12.1 Å². The zero-order valence-corrected chi connectivity index (χ0v) is 17.4. The summed E-state index contributed by atoms with van der Waals surface area (Å²) in [5, 5.41) is 7.67. The van der Waals surface area contributed by atoms with Crippen LogP contribution in [0.15, 0.2) is 24.3 Å². The molecule has 146 valence electrons. The number of hydrogen-bond acceptors (Lipinski definition) is 5. The first-order chi connectivity index (χ1) is 11.5. The van der Waals surface area contributed by atoms with Gasteiger partial charge in [-0.05, 0) is 43.5 Å². The molecule has 3 N–H and O–H groups in total. The summed E-state index contributed by atoms with van der Waals surface area (Å²) in [5.74, 6) is 1.63. The van der Waals surface area contributed by atoms with Gasteiger partial charge in [-0.3, -0.25) is 0 Å². The summed E-state index contributed by atoms with van der Waals surface area (Å²) in [6.45, 7) is 5.25. The molecule has 26 heavy (non-hydrogen) atoms. The number of H-pyrrole nitrogens is 1. The minimum Gasteiger partial charge on any atom is -0.368 e. The Hall–Kier alpha value is -1.21. The molecule has 1 aromatic heterocycles. The summed E-state index contributed by atoms with van der Waals surface area (Å²) in [5.41, 5.74) is 6.95. The van der Waals surface area contributed by atoms with Gasteiger partial charge in [-0.25, -0.2) is 5.10 Å². The Labute approximate surface area is 172 Å². The lowest BCUT2D eigenvalue weighted by molar-refractivity contribution is 0.160. The number of likely N-dealkylation sites (N-methyl/N-ethyl adjacent to an activating group) is 1. The number of benzene rings is 1. The molecule has 9 heteroatoms. The molecule has 1 saturated heterocycles. The van der Waals surface area contributed by atoms with E-state index in [-0.39, 0.29) is 24.8 Å². The minimum atomic E-state index is 0. The van der Waals surface area contributed by atoms with Crippen LogP contribution in [0.2, 0.25) is 5.02 Å². The van der Waals surface area contributed by atoms with E-state index in [2.05, 4.69) is 51.1 Å². The Morgan fingerprint density at radius 3 is 2.58 bits per heavy atom. The van der Waals surface area contributed by atoms with Gasteiger partial charge in [0.25, 0.3) is 0 Å². The summed E-state index contributed by atoms with van der Waals surface area (Å²) >= 11 is 5.95. The first-order valence-corrected chi connectivity index (χ1v) is 8.78. The Kier molecular flexibility index (Phi) is 8.96. The number of hydrogen-bond donors (Lipinski definition) is 2. The number of anilines is 2. The van der Waals surface area contributed by atoms with E-state index in [1.54, 1.807) is 0 Å². The Balaban J connectivity index is 0.00000169. The van der Waals surface area contributed by atoms with Crippen LogP contribution in [0.4, 0.5) is 11.9 Å². The standard InChI is InChI=1S/C17H25ClN6.2ClH/c1-12-11-24(17-20-16(19)21-22-17)10-8-15(12)23(2)9-7-13-3-5-14(18)6-4-13;;/h3-6,12,15H,7-11H2,1-2H3,(H3,19,20,21,22);2*1H. The van der Waals surface area contributed by atoms with Gasteiger partial charge in [0.15, 0.2) is 0 Å². The van der Waals surface area contributed by atoms with Crippen LogP contribution in [0.3, 0.4) is 0 Å². The molecule has 0 bridgehead atoms. The number of nitrogen functional groups attached to an aromatic ring is 1. The second-order valence-electron chi connectivity index (χ2n) is 6.66. The molecule has 6 nitrogen and oxygen atoms in total. The summed E-state index contributed by atoms with van der Waals surface area (Å²) in [7, 11) is 2.22. The van der Waals surface area contributed by atoms with Gasteiger partial charge in [-0.15, -0.1) is 29.9 Å². The van der Waals surface area contributed by atoms with Crippen LogP contribution >= 0.6 is 36.4 Å². The van der Waals surface area contributed by atoms with Crippen LogP contribution in [0.1, 0.15) is 18.9 Å². The zero-order valence-electron chi connectivity index (χ0n) is 15.1. The van der Waals surface area contributed by atoms with Crippen molar-refractivity contribution in [3.8, 4) is 0 Å². The molecule has 2 heterocycles. The van der Waals surface area contributed by atoms with Gasteiger partial charge in [-0.2, -0.15) is 4.98 Å². The molecule has 2 atom stereocenters. The highest BCUT2D eigenvalue weighted by Gasteiger charge is 2.30. The molecule has 0 aliphatic carbocycles. The maximum atomic E-state index is 5.95. The van der Waals surface area contributed by atoms with Gasteiger partial charge >= 0.3 is 0 Å². The Bertz CT molecular complexity index is 663. The number of aromatic amines is 1. The van der Waals surface area contributed by atoms with Crippen molar-refractivity contribution in [1.29, 1.82) is 0 Å². The number of halogens is 3. The normalized spacial score (nSPS) is 19.8. The number of piperidine rings is 1. The van der Waals surface area contributed by atoms with Crippen molar-refractivity contribution in [3.63, 3.8) is 0 Å². The number of nitrogens with one attached hydrogen (secondary N) is 1. The van der Waals surface area contributed by atoms with Gasteiger partial charge in [0.2, 0.25) is 11.9 Å². The monoisotopic (exact) mass is 420 g/mol. The van der Waals surface area contributed by atoms with Crippen LogP contribution in [0.5, 0.6) is 0 Å². The number of nitrogens with two attached hydrogens (primary N) is 1. The first-order valence-electron chi connectivity index (χ1n) is 8.40. The lowest BCUT2D eigenvalue weighted by Crippen LogP contribution is -2.49. The SMILES string of the molecule is CC1CN(c2n[nH]c(N)n2)CCC1N(C)CCc1ccc(Cl)cc1.Cl.Cl. The minimum absolute atomic E-state index is 0. The van der Waals surface area contributed by atoms with Crippen molar-refractivity contribution in [1.82, 2.24) is 20.1 Å². The predicted octanol–water partition coefficient (Wildman–Crippen LogP) is 3.27. The second kappa shape index (κ2) is 10.2. The largest absolute Gasteiger partial charge is 0.368 e. The van der Waals surface area contributed by atoms with Crippen molar-refractivity contribution in [2.45, 2.75) is 25.8 Å². The molecule has 0 saturated carbocycles. The Morgan fingerprint density at radius 2 is 2.00 bits per heavy atom. The summed E-state index contributed by atoms with van der Waals surface area (Å²) in [6, 6.07) is 8.71. The third-order valence-electron chi connectivity index (χ3n) is 4.87. The fraction of sp³-hybridized carbons (Fsp3) is 0.529. The van der Waals surface area contributed by atoms with Crippen LogP contribution < -0.4 is 10.6 Å². The van der Waals surface area contributed by atoms with Crippen molar-refractivity contribution < 1.29 is 0 Å². The van der Waals surface area contributed by atoms with Crippen LogP contribution in [-0.4, -0.2) is 52.8 Å². The predicted molar refractivity (Wildman–Crippen MR) is 113 cm³/mol. The third-order valence-corrected chi connectivity index (χ3v) is 5.12. The number of rotatable bonds is 5. The maximum absolute atomic E-state index is 5.95. The highest BCUT2D eigenvalue weighted by Crippen LogP contribution is 2.24. The fourth-order valence-corrected chi connectivity index (χ4v) is 3.62. The van der Waals surface area contributed by atoms with Crippen molar-refractivity contribution >= 4 is 48.3 Å². The average molecular weight is 422 g/mol. The maximum Gasteiger partial charge on any atom is 0.246 e. The lowest BCUT2D eigenvalue weighted by atomic mass is 9.92. The van der Waals surface area contributed by atoms with E-state index in [1.165, 1.54) is 5.56 Å². The van der Waals surface area contributed by atoms with E-state index < -0.39 is 0 Å². The summed E-state index contributed by atoms with van der Waals surface area (Å²) in [6.07, 6.45) is 2.14. The molecule has 2 aromatic rings. The van der Waals surface area contributed by atoms with Gasteiger partial charge in [0.05, 0.1) is 0 Å². The number of aromatic nitrogens is 3. The molecule has 0 radical (unpaired) electrons. The van der Waals surface area contributed by atoms with Gasteiger partial charge in [0.1, 0.15) is 0 Å². The highest BCUT2D eigenvalue weighted by molar-refractivity contribution is 6.30. The molecule has 1 aliphatic rings. The lowest BCUT2D eigenvalue weighted by Gasteiger charge is -2.41. The molecule has 0 amide bonds. The molecule has 1 aromatic carbocycles. The van der Waals surface area contributed by atoms with Crippen molar-refractivity contribution in [3.05, 3.63) is 34.9 Å². The van der Waals surface area contributed by atoms with Crippen molar-refractivity contribution in [2.24, 2.45) is 5.92 Å². The van der Waals surface area contributed by atoms with Crippen molar-refractivity contribution in [2.75, 3.05) is 37.3 Å². The van der Waals surface area contributed by atoms with Gasteiger partial charge < -0.3 is 15.5 Å². The molecular formula is C17H27Cl3N6. The molecule has 2 unspecified atom stereocenters. The summed E-state index contributed by atoms with van der Waals surface area (Å²) in [4.78, 5) is 8.92. The summed E-state index contributed by atoms with van der Waals surface area (Å²) < 4.78 is 0.